The Bertz CT molecular complexity index is 586. The van der Waals surface area contributed by atoms with Crippen molar-refractivity contribution >= 4 is 11.6 Å². The predicted octanol–water partition coefficient (Wildman–Crippen LogP) is 4.38. The maximum absolute atomic E-state index is 14.2. The minimum atomic E-state index is -0.255. The van der Waals surface area contributed by atoms with Gasteiger partial charge in [0, 0.05) is 22.7 Å². The number of ether oxygens (including phenoxy) is 1. The standard InChI is InChI=1S/C17H19ClFNO/c1-3-20-17(10-12-4-6-13(18)7-5-12)15-9-8-14(21-2)11-16(15)19/h4-9,11,17,20H,3,10H2,1-2H3. The van der Waals surface area contributed by atoms with Crippen molar-refractivity contribution < 1.29 is 9.13 Å². The highest BCUT2D eigenvalue weighted by Crippen LogP contribution is 2.25. The molecule has 2 rings (SSSR count). The molecule has 0 saturated carbocycles. The van der Waals surface area contributed by atoms with Crippen molar-refractivity contribution in [2.45, 2.75) is 19.4 Å². The lowest BCUT2D eigenvalue weighted by Gasteiger charge is -2.19. The van der Waals surface area contributed by atoms with E-state index in [1.54, 1.807) is 12.1 Å². The second kappa shape index (κ2) is 7.43. The van der Waals surface area contributed by atoms with Crippen molar-refractivity contribution in [3.63, 3.8) is 0 Å². The van der Waals surface area contributed by atoms with E-state index in [2.05, 4.69) is 5.32 Å². The summed E-state index contributed by atoms with van der Waals surface area (Å²) < 4.78 is 19.3. The number of likely N-dealkylation sites (N-methyl/N-ethyl adjacent to an activating group) is 1. The average Bonchev–Trinajstić information content (AvgIpc) is 2.49. The summed E-state index contributed by atoms with van der Waals surface area (Å²) >= 11 is 5.90. The largest absolute Gasteiger partial charge is 0.497 e. The predicted molar refractivity (Wildman–Crippen MR) is 84.5 cm³/mol. The highest BCUT2D eigenvalue weighted by molar-refractivity contribution is 6.30. The fraction of sp³-hybridized carbons (Fsp3) is 0.294. The molecule has 1 unspecified atom stereocenters. The van der Waals surface area contributed by atoms with E-state index < -0.39 is 0 Å². The summed E-state index contributed by atoms with van der Waals surface area (Å²) in [7, 11) is 1.53. The molecule has 0 aliphatic carbocycles. The van der Waals surface area contributed by atoms with Gasteiger partial charge in [-0.25, -0.2) is 4.39 Å². The summed E-state index contributed by atoms with van der Waals surface area (Å²) in [5, 5.41) is 4.03. The van der Waals surface area contributed by atoms with Crippen LogP contribution in [0.5, 0.6) is 5.75 Å². The van der Waals surface area contributed by atoms with Gasteiger partial charge in [-0.3, -0.25) is 0 Å². The van der Waals surface area contributed by atoms with Gasteiger partial charge in [0.15, 0.2) is 0 Å². The molecule has 112 valence electrons. The molecule has 0 aliphatic rings. The van der Waals surface area contributed by atoms with Crippen LogP contribution in [0, 0.1) is 5.82 Å². The number of nitrogens with one attached hydrogen (secondary N) is 1. The number of benzene rings is 2. The summed E-state index contributed by atoms with van der Waals surface area (Å²) in [6.45, 7) is 2.78. The second-order valence-corrected chi connectivity index (χ2v) is 5.26. The zero-order chi connectivity index (χ0) is 15.2. The van der Waals surface area contributed by atoms with Crippen molar-refractivity contribution in [1.82, 2.24) is 5.32 Å². The maximum Gasteiger partial charge on any atom is 0.131 e. The van der Waals surface area contributed by atoms with Crippen LogP contribution in [0.4, 0.5) is 4.39 Å². The third kappa shape index (κ3) is 4.19. The van der Waals surface area contributed by atoms with E-state index in [9.17, 15) is 4.39 Å². The minimum absolute atomic E-state index is 0.0814. The zero-order valence-corrected chi connectivity index (χ0v) is 13.0. The van der Waals surface area contributed by atoms with Crippen LogP contribution in [0.1, 0.15) is 24.1 Å². The molecule has 0 bridgehead atoms. The molecule has 0 fully saturated rings. The summed E-state index contributed by atoms with van der Waals surface area (Å²) in [6, 6.07) is 12.5. The summed E-state index contributed by atoms with van der Waals surface area (Å²) in [4.78, 5) is 0. The molecule has 0 spiro atoms. The molecule has 2 aromatic rings. The van der Waals surface area contributed by atoms with Crippen LogP contribution in [0.15, 0.2) is 42.5 Å². The van der Waals surface area contributed by atoms with Crippen molar-refractivity contribution in [1.29, 1.82) is 0 Å². The normalized spacial score (nSPS) is 12.2. The van der Waals surface area contributed by atoms with E-state index in [4.69, 9.17) is 16.3 Å². The minimum Gasteiger partial charge on any atom is -0.497 e. The molecule has 0 amide bonds. The molecule has 0 heterocycles. The van der Waals surface area contributed by atoms with E-state index in [-0.39, 0.29) is 11.9 Å². The lowest BCUT2D eigenvalue weighted by molar-refractivity contribution is 0.409. The van der Waals surface area contributed by atoms with Gasteiger partial charge in [-0.15, -0.1) is 0 Å². The third-order valence-electron chi connectivity index (χ3n) is 3.39. The molecule has 2 aromatic carbocycles. The first-order valence-corrected chi connectivity index (χ1v) is 7.33. The molecule has 1 N–H and O–H groups in total. The van der Waals surface area contributed by atoms with E-state index in [1.165, 1.54) is 13.2 Å². The van der Waals surface area contributed by atoms with Gasteiger partial charge in [0.05, 0.1) is 7.11 Å². The Hall–Kier alpha value is -1.58. The number of halogens is 2. The van der Waals surface area contributed by atoms with Gasteiger partial charge < -0.3 is 10.1 Å². The Morgan fingerprint density at radius 2 is 1.90 bits per heavy atom. The Balaban J connectivity index is 2.24. The maximum atomic E-state index is 14.2. The molecule has 0 radical (unpaired) electrons. The van der Waals surface area contributed by atoms with Crippen LogP contribution >= 0.6 is 11.6 Å². The van der Waals surface area contributed by atoms with Crippen molar-refractivity contribution in [2.24, 2.45) is 0 Å². The molecular formula is C17H19ClFNO. The van der Waals surface area contributed by atoms with Crippen LogP contribution in [0.2, 0.25) is 5.02 Å². The van der Waals surface area contributed by atoms with Crippen molar-refractivity contribution in [3.8, 4) is 5.75 Å². The highest BCUT2D eigenvalue weighted by Gasteiger charge is 2.16. The van der Waals surface area contributed by atoms with E-state index >= 15 is 0 Å². The van der Waals surface area contributed by atoms with Gasteiger partial charge in [-0.1, -0.05) is 36.7 Å². The Kier molecular flexibility index (Phi) is 5.59. The Morgan fingerprint density at radius 1 is 1.19 bits per heavy atom. The van der Waals surface area contributed by atoms with Gasteiger partial charge >= 0.3 is 0 Å². The number of rotatable bonds is 6. The van der Waals surface area contributed by atoms with E-state index in [0.29, 0.717) is 22.8 Å². The average molecular weight is 308 g/mol. The van der Waals surface area contributed by atoms with Gasteiger partial charge in [0.1, 0.15) is 11.6 Å². The first-order valence-electron chi connectivity index (χ1n) is 6.95. The summed E-state index contributed by atoms with van der Waals surface area (Å²) in [5.74, 6) is 0.271. The third-order valence-corrected chi connectivity index (χ3v) is 3.64. The van der Waals surface area contributed by atoms with E-state index in [0.717, 1.165) is 12.1 Å². The van der Waals surface area contributed by atoms with Crippen molar-refractivity contribution in [2.75, 3.05) is 13.7 Å². The van der Waals surface area contributed by atoms with Crippen molar-refractivity contribution in [3.05, 3.63) is 64.4 Å². The monoisotopic (exact) mass is 307 g/mol. The van der Waals surface area contributed by atoms with Crippen LogP contribution < -0.4 is 10.1 Å². The fourth-order valence-electron chi connectivity index (χ4n) is 2.31. The fourth-order valence-corrected chi connectivity index (χ4v) is 2.44. The zero-order valence-electron chi connectivity index (χ0n) is 12.2. The van der Waals surface area contributed by atoms with Gasteiger partial charge in [-0.05, 0) is 36.7 Å². The summed E-state index contributed by atoms with van der Waals surface area (Å²) in [5.41, 5.74) is 1.76. The number of hydrogen-bond acceptors (Lipinski definition) is 2. The van der Waals surface area contributed by atoms with E-state index in [1.807, 2.05) is 31.2 Å². The SMILES string of the molecule is CCNC(Cc1ccc(Cl)cc1)c1ccc(OC)cc1F. The quantitative estimate of drug-likeness (QED) is 0.855. The lowest BCUT2D eigenvalue weighted by Crippen LogP contribution is -2.24. The van der Waals surface area contributed by atoms with Gasteiger partial charge in [0.25, 0.3) is 0 Å². The molecule has 0 saturated heterocycles. The summed E-state index contributed by atoms with van der Waals surface area (Å²) in [6.07, 6.45) is 0.703. The molecule has 4 heteroatoms. The first kappa shape index (κ1) is 15.8. The smallest absolute Gasteiger partial charge is 0.131 e. The molecule has 0 aromatic heterocycles. The topological polar surface area (TPSA) is 21.3 Å². The molecule has 21 heavy (non-hydrogen) atoms. The van der Waals surface area contributed by atoms with Crippen LogP contribution in [-0.2, 0) is 6.42 Å². The Labute approximate surface area is 129 Å². The van der Waals surface area contributed by atoms with Gasteiger partial charge in [-0.2, -0.15) is 0 Å². The lowest BCUT2D eigenvalue weighted by atomic mass is 9.98. The van der Waals surface area contributed by atoms with Crippen LogP contribution in [-0.4, -0.2) is 13.7 Å². The number of hydrogen-bond donors (Lipinski definition) is 1. The van der Waals surface area contributed by atoms with Crippen LogP contribution in [0.3, 0.4) is 0 Å². The first-order chi connectivity index (χ1) is 10.1. The highest BCUT2D eigenvalue weighted by atomic mass is 35.5. The van der Waals surface area contributed by atoms with Crippen LogP contribution in [0.25, 0.3) is 0 Å². The molecule has 1 atom stereocenters. The Morgan fingerprint density at radius 3 is 2.48 bits per heavy atom. The molecule has 0 aliphatic heterocycles. The second-order valence-electron chi connectivity index (χ2n) is 4.83. The van der Waals surface area contributed by atoms with Gasteiger partial charge in [0.2, 0.25) is 0 Å². The molecular weight excluding hydrogens is 289 g/mol. The number of methoxy groups -OCH3 is 1. The molecule has 2 nitrogen and oxygen atoms in total.